The highest BCUT2D eigenvalue weighted by Crippen LogP contribution is 2.20. The molecular formula is C21H36N2O2S. The summed E-state index contributed by atoms with van der Waals surface area (Å²) in [6.45, 7) is 11.8. The Labute approximate surface area is 165 Å². The molecular weight excluding hydrogens is 344 g/mol. The molecule has 4 nitrogen and oxygen atoms in total. The van der Waals surface area contributed by atoms with E-state index in [9.17, 15) is 9.59 Å². The van der Waals surface area contributed by atoms with Gasteiger partial charge in [-0.3, -0.25) is 9.59 Å². The Morgan fingerprint density at radius 3 is 2.15 bits per heavy atom. The first-order chi connectivity index (χ1) is 12.2. The summed E-state index contributed by atoms with van der Waals surface area (Å²) in [6, 6.07) is -0.748. The summed E-state index contributed by atoms with van der Waals surface area (Å²) in [5, 5.41) is 2.65. The standard InChI is InChI=1S/C21H36N2O2S/c1-8-16(4)12-19(13-17(5)11-9-10-15(2)3)23(18(6)24)20(14-26)21(25)22-7/h8,10,13,19-20,26H,9,11-12,14H2,1-7H3,(H,22,25)/t19?,20-/m0/s1. The predicted molar refractivity (Wildman–Crippen MR) is 114 cm³/mol. The van der Waals surface area contributed by atoms with Gasteiger partial charge in [-0.05, 0) is 53.9 Å². The Bertz CT molecular complexity index is 560. The van der Waals surface area contributed by atoms with E-state index in [0.29, 0.717) is 6.42 Å². The van der Waals surface area contributed by atoms with Crippen LogP contribution in [-0.4, -0.2) is 41.6 Å². The number of amides is 2. The maximum absolute atomic E-state index is 12.4. The number of carbonyl (C=O) groups is 2. The Hall–Kier alpha value is -1.49. The van der Waals surface area contributed by atoms with Gasteiger partial charge in [0.15, 0.2) is 0 Å². The van der Waals surface area contributed by atoms with Crippen LogP contribution in [0, 0.1) is 0 Å². The number of nitrogens with one attached hydrogen (secondary N) is 1. The van der Waals surface area contributed by atoms with E-state index >= 15 is 0 Å². The van der Waals surface area contributed by atoms with Gasteiger partial charge in [0.05, 0.1) is 6.04 Å². The van der Waals surface area contributed by atoms with Gasteiger partial charge in [-0.2, -0.15) is 12.6 Å². The third-order valence-electron chi connectivity index (χ3n) is 4.37. The minimum absolute atomic E-state index is 0.116. The third kappa shape index (κ3) is 8.75. The molecule has 0 aliphatic carbocycles. The minimum Gasteiger partial charge on any atom is -0.357 e. The zero-order chi connectivity index (χ0) is 20.3. The second-order valence-corrected chi connectivity index (χ2v) is 7.34. The normalized spacial score (nSPS) is 14.5. The van der Waals surface area contributed by atoms with Gasteiger partial charge in [0.1, 0.15) is 6.04 Å². The topological polar surface area (TPSA) is 49.4 Å². The first-order valence-electron chi connectivity index (χ1n) is 9.21. The summed E-state index contributed by atoms with van der Waals surface area (Å²) in [5.41, 5.74) is 3.71. The molecule has 26 heavy (non-hydrogen) atoms. The number of hydrogen-bond donors (Lipinski definition) is 2. The maximum Gasteiger partial charge on any atom is 0.243 e. The lowest BCUT2D eigenvalue weighted by Gasteiger charge is -2.35. The van der Waals surface area contributed by atoms with Crippen LogP contribution < -0.4 is 5.32 Å². The first-order valence-corrected chi connectivity index (χ1v) is 9.84. The van der Waals surface area contributed by atoms with Crippen molar-refractivity contribution in [3.05, 3.63) is 34.9 Å². The van der Waals surface area contributed by atoms with Crippen LogP contribution in [-0.2, 0) is 9.59 Å². The van der Waals surface area contributed by atoms with Crippen LogP contribution in [0.2, 0.25) is 0 Å². The number of allylic oxidation sites excluding steroid dienone is 4. The molecule has 0 aliphatic rings. The SMILES string of the molecule is CC=C(C)CC(C=C(C)CCC=C(C)C)N(C(C)=O)[C@@H](CS)C(=O)NC. The van der Waals surface area contributed by atoms with Crippen molar-refractivity contribution in [3.8, 4) is 0 Å². The lowest BCUT2D eigenvalue weighted by atomic mass is 9.99. The Balaban J connectivity index is 5.74. The molecule has 148 valence electrons. The molecule has 0 aromatic rings. The molecule has 2 atom stereocenters. The summed E-state index contributed by atoms with van der Waals surface area (Å²) >= 11 is 4.32. The van der Waals surface area contributed by atoms with Gasteiger partial charge in [-0.15, -0.1) is 0 Å². The van der Waals surface area contributed by atoms with Gasteiger partial charge in [0.2, 0.25) is 11.8 Å². The first kappa shape index (κ1) is 24.5. The highest BCUT2D eigenvalue weighted by Gasteiger charge is 2.31. The summed E-state index contributed by atoms with van der Waals surface area (Å²) < 4.78 is 0. The molecule has 0 aliphatic heterocycles. The molecule has 5 heteroatoms. The molecule has 0 saturated carbocycles. The summed E-state index contributed by atoms with van der Waals surface area (Å²) in [5.74, 6) is -0.0150. The molecule has 0 saturated heterocycles. The van der Waals surface area contributed by atoms with Crippen LogP contribution in [0.5, 0.6) is 0 Å². The number of likely N-dealkylation sites (N-methyl/N-ethyl adjacent to an activating group) is 1. The smallest absolute Gasteiger partial charge is 0.243 e. The molecule has 1 N–H and O–H groups in total. The Morgan fingerprint density at radius 2 is 1.73 bits per heavy atom. The van der Waals surface area contributed by atoms with E-state index in [1.54, 1.807) is 11.9 Å². The van der Waals surface area contributed by atoms with Crippen LogP contribution in [0.3, 0.4) is 0 Å². The number of nitrogens with zero attached hydrogens (tertiary/aromatic N) is 1. The van der Waals surface area contributed by atoms with Crippen LogP contribution in [0.4, 0.5) is 0 Å². The molecule has 1 unspecified atom stereocenters. The zero-order valence-electron chi connectivity index (χ0n) is 17.4. The van der Waals surface area contributed by atoms with E-state index in [4.69, 9.17) is 0 Å². The highest BCUT2D eigenvalue weighted by atomic mass is 32.1. The molecule has 0 radical (unpaired) electrons. The van der Waals surface area contributed by atoms with Crippen molar-refractivity contribution in [1.29, 1.82) is 0 Å². The lowest BCUT2D eigenvalue weighted by molar-refractivity contribution is -0.139. The highest BCUT2D eigenvalue weighted by molar-refractivity contribution is 7.80. The van der Waals surface area contributed by atoms with Gasteiger partial charge >= 0.3 is 0 Å². The molecule has 2 amide bonds. The van der Waals surface area contributed by atoms with Gasteiger partial charge in [-0.25, -0.2) is 0 Å². The molecule has 0 aromatic heterocycles. The molecule has 0 heterocycles. The van der Waals surface area contributed by atoms with Crippen molar-refractivity contribution in [2.75, 3.05) is 12.8 Å². The lowest BCUT2D eigenvalue weighted by Crippen LogP contribution is -2.53. The summed E-state index contributed by atoms with van der Waals surface area (Å²) in [7, 11) is 1.59. The van der Waals surface area contributed by atoms with Gasteiger partial charge in [-0.1, -0.05) is 34.9 Å². The zero-order valence-corrected chi connectivity index (χ0v) is 18.3. The van der Waals surface area contributed by atoms with E-state index in [2.05, 4.69) is 50.9 Å². The van der Waals surface area contributed by atoms with Crippen LogP contribution in [0.1, 0.15) is 60.8 Å². The van der Waals surface area contributed by atoms with E-state index in [-0.39, 0.29) is 23.6 Å². The van der Waals surface area contributed by atoms with Crippen molar-refractivity contribution in [2.45, 2.75) is 72.9 Å². The van der Waals surface area contributed by atoms with Crippen molar-refractivity contribution < 1.29 is 9.59 Å². The molecule has 0 rings (SSSR count). The number of hydrogen-bond acceptors (Lipinski definition) is 3. The Morgan fingerprint density at radius 1 is 1.12 bits per heavy atom. The fourth-order valence-electron chi connectivity index (χ4n) is 2.83. The molecule has 0 bridgehead atoms. The van der Waals surface area contributed by atoms with Crippen molar-refractivity contribution in [1.82, 2.24) is 10.2 Å². The second kappa shape index (κ2) is 12.8. The quantitative estimate of drug-likeness (QED) is 0.439. The van der Waals surface area contributed by atoms with E-state index in [1.165, 1.54) is 23.6 Å². The number of carbonyl (C=O) groups excluding carboxylic acids is 2. The molecule has 0 aromatic carbocycles. The van der Waals surface area contributed by atoms with Crippen LogP contribution >= 0.6 is 12.6 Å². The van der Waals surface area contributed by atoms with Gasteiger partial charge in [0, 0.05) is 19.7 Å². The largest absolute Gasteiger partial charge is 0.357 e. The van der Waals surface area contributed by atoms with E-state index < -0.39 is 6.04 Å². The number of rotatable bonds is 10. The Kier molecular flexibility index (Phi) is 12.1. The monoisotopic (exact) mass is 380 g/mol. The average molecular weight is 381 g/mol. The third-order valence-corrected chi connectivity index (χ3v) is 4.72. The van der Waals surface area contributed by atoms with Crippen molar-refractivity contribution in [2.24, 2.45) is 0 Å². The van der Waals surface area contributed by atoms with Crippen LogP contribution in [0.25, 0.3) is 0 Å². The fraction of sp³-hybridized carbons (Fsp3) is 0.619. The average Bonchev–Trinajstić information content (AvgIpc) is 2.57. The van der Waals surface area contributed by atoms with Gasteiger partial charge < -0.3 is 10.2 Å². The second-order valence-electron chi connectivity index (χ2n) is 6.98. The molecule has 0 fully saturated rings. The number of thiol groups is 1. The fourth-order valence-corrected chi connectivity index (χ4v) is 3.18. The molecule has 0 spiro atoms. The summed E-state index contributed by atoms with van der Waals surface area (Å²) in [6.07, 6.45) is 9.02. The van der Waals surface area contributed by atoms with Crippen LogP contribution in [0.15, 0.2) is 34.9 Å². The minimum atomic E-state index is -0.586. The van der Waals surface area contributed by atoms with Crippen molar-refractivity contribution in [3.63, 3.8) is 0 Å². The van der Waals surface area contributed by atoms with E-state index in [1.807, 2.05) is 19.9 Å². The maximum atomic E-state index is 12.4. The predicted octanol–water partition coefficient (Wildman–Crippen LogP) is 4.30. The summed E-state index contributed by atoms with van der Waals surface area (Å²) in [4.78, 5) is 26.4. The van der Waals surface area contributed by atoms with Gasteiger partial charge in [0.25, 0.3) is 0 Å². The van der Waals surface area contributed by atoms with Crippen molar-refractivity contribution >= 4 is 24.4 Å². The van der Waals surface area contributed by atoms with E-state index in [0.717, 1.165) is 12.8 Å².